The van der Waals surface area contributed by atoms with E-state index in [1.165, 1.54) is 12.1 Å². The average Bonchev–Trinajstić information content (AvgIpc) is 2.89. The third-order valence-corrected chi connectivity index (χ3v) is 5.92. The van der Waals surface area contributed by atoms with Crippen LogP contribution < -0.4 is 38.9 Å². The number of phenolic OH excluding ortho intramolecular Hbond substituents is 1. The maximum Gasteiger partial charge on any atom is 0.242 e. The molecule has 0 saturated carbocycles. The number of aliphatic imine (C=N–C) groups is 1. The summed E-state index contributed by atoms with van der Waals surface area (Å²) >= 11 is 0. The fourth-order valence-corrected chi connectivity index (χ4v) is 3.89. The zero-order chi connectivity index (χ0) is 28.6. The van der Waals surface area contributed by atoms with Crippen LogP contribution in [0, 0.1) is 0 Å². The minimum atomic E-state index is -0.905. The molecule has 0 aromatic heterocycles. The monoisotopic (exact) mass is 540 g/mol. The molecule has 3 amide bonds. The Labute approximate surface area is 228 Å². The molecule has 0 bridgehead atoms. The summed E-state index contributed by atoms with van der Waals surface area (Å²) in [6.45, 7) is 1.06. The van der Waals surface area contributed by atoms with Crippen molar-refractivity contribution in [3.8, 4) is 5.75 Å². The van der Waals surface area contributed by atoms with Crippen molar-refractivity contribution in [2.45, 2.75) is 50.2 Å². The highest BCUT2D eigenvalue weighted by atomic mass is 16.3. The lowest BCUT2D eigenvalue weighted by atomic mass is 10.0. The minimum absolute atomic E-state index is 0.0547. The van der Waals surface area contributed by atoms with Gasteiger partial charge in [-0.05, 0) is 48.9 Å². The van der Waals surface area contributed by atoms with E-state index in [0.717, 1.165) is 11.1 Å². The van der Waals surface area contributed by atoms with Gasteiger partial charge in [0.25, 0.3) is 0 Å². The number of hydrogen-bond donors (Lipinski definition) is 8. The van der Waals surface area contributed by atoms with Gasteiger partial charge in [0.1, 0.15) is 11.8 Å². The lowest BCUT2D eigenvalue weighted by Gasteiger charge is -2.25. The molecule has 12 N–H and O–H groups in total. The minimum Gasteiger partial charge on any atom is -0.508 e. The Kier molecular flexibility index (Phi) is 13.2. The quantitative estimate of drug-likeness (QED) is 0.0703. The van der Waals surface area contributed by atoms with Crippen LogP contribution in [-0.2, 0) is 27.2 Å². The summed E-state index contributed by atoms with van der Waals surface area (Å²) < 4.78 is 0. The molecule has 0 aliphatic heterocycles. The number of phenols is 1. The molecule has 39 heavy (non-hydrogen) atoms. The summed E-state index contributed by atoms with van der Waals surface area (Å²) in [5.41, 5.74) is 23.9. The maximum absolute atomic E-state index is 13.4. The van der Waals surface area contributed by atoms with E-state index in [2.05, 4.69) is 20.9 Å². The number of benzene rings is 2. The van der Waals surface area contributed by atoms with Crippen molar-refractivity contribution in [1.29, 1.82) is 0 Å². The fourth-order valence-electron chi connectivity index (χ4n) is 3.89. The lowest BCUT2D eigenvalue weighted by molar-refractivity contribution is -0.130. The fraction of sp³-hybridized carbons (Fsp3) is 0.407. The molecule has 3 atom stereocenters. The van der Waals surface area contributed by atoms with E-state index in [1.807, 2.05) is 30.3 Å². The molecule has 0 radical (unpaired) electrons. The van der Waals surface area contributed by atoms with Crippen LogP contribution in [-0.4, -0.2) is 66.5 Å². The van der Waals surface area contributed by atoms with Crippen molar-refractivity contribution in [2.24, 2.45) is 27.9 Å². The van der Waals surface area contributed by atoms with Crippen LogP contribution in [0.3, 0.4) is 0 Å². The van der Waals surface area contributed by atoms with Gasteiger partial charge >= 0.3 is 0 Å². The Morgan fingerprint density at radius 3 is 2.18 bits per heavy atom. The molecule has 2 rings (SSSR count). The standard InChI is InChI=1S/C27H40N8O4/c28-22(16-19-8-10-21(36)11-9-19)25(38)35-23(7-4-13-33-27(30)31)26(39)34-20(17-32-14-12-24(29)37)15-18-5-2-1-3-6-18/h1-3,5-6,8-11,20,22-23,32,36H,4,7,12-17,28H2,(H2,29,37)(H,34,39)(H,35,38)(H4,30,31,33)/t20-,22-,23+/m0/s1. The summed E-state index contributed by atoms with van der Waals surface area (Å²) in [7, 11) is 0. The Morgan fingerprint density at radius 1 is 0.872 bits per heavy atom. The predicted molar refractivity (Wildman–Crippen MR) is 150 cm³/mol. The number of amides is 3. The van der Waals surface area contributed by atoms with Crippen LogP contribution in [0.5, 0.6) is 5.75 Å². The maximum atomic E-state index is 13.4. The van der Waals surface area contributed by atoms with E-state index in [4.69, 9.17) is 22.9 Å². The van der Waals surface area contributed by atoms with Gasteiger partial charge in [0.15, 0.2) is 5.96 Å². The van der Waals surface area contributed by atoms with Gasteiger partial charge in [-0.2, -0.15) is 0 Å². The molecule has 0 heterocycles. The number of rotatable bonds is 17. The first-order valence-corrected chi connectivity index (χ1v) is 12.9. The Bertz CT molecular complexity index is 1070. The summed E-state index contributed by atoms with van der Waals surface area (Å²) in [5.74, 6) is -1.21. The first-order chi connectivity index (χ1) is 18.6. The Hall–Kier alpha value is -4.16. The van der Waals surface area contributed by atoms with Gasteiger partial charge in [0.2, 0.25) is 17.7 Å². The average molecular weight is 541 g/mol. The molecule has 0 saturated heterocycles. The molecule has 12 nitrogen and oxygen atoms in total. The second-order valence-electron chi connectivity index (χ2n) is 9.30. The number of hydrogen-bond acceptors (Lipinski definition) is 7. The van der Waals surface area contributed by atoms with E-state index >= 15 is 0 Å². The highest BCUT2D eigenvalue weighted by Crippen LogP contribution is 2.11. The molecule has 2 aromatic rings. The van der Waals surface area contributed by atoms with Crippen molar-refractivity contribution >= 4 is 23.7 Å². The van der Waals surface area contributed by atoms with Gasteiger partial charge < -0.3 is 44.0 Å². The number of nitrogens with zero attached hydrogens (tertiary/aromatic N) is 1. The van der Waals surface area contributed by atoms with Crippen LogP contribution in [0.1, 0.15) is 30.4 Å². The second-order valence-corrected chi connectivity index (χ2v) is 9.30. The molecule has 0 spiro atoms. The van der Waals surface area contributed by atoms with E-state index in [1.54, 1.807) is 12.1 Å². The number of nitrogens with two attached hydrogens (primary N) is 4. The number of guanidine groups is 1. The zero-order valence-electron chi connectivity index (χ0n) is 22.0. The zero-order valence-corrected chi connectivity index (χ0v) is 22.0. The number of nitrogens with one attached hydrogen (secondary N) is 3. The number of carbonyl (C=O) groups excluding carboxylic acids is 3. The smallest absolute Gasteiger partial charge is 0.242 e. The number of carbonyl (C=O) groups is 3. The molecule has 0 unspecified atom stereocenters. The van der Waals surface area contributed by atoms with Gasteiger partial charge in [0.05, 0.1) is 6.04 Å². The molecular weight excluding hydrogens is 500 g/mol. The van der Waals surface area contributed by atoms with Crippen LogP contribution in [0.25, 0.3) is 0 Å². The number of aromatic hydroxyl groups is 1. The topological polar surface area (TPSA) is 224 Å². The van der Waals surface area contributed by atoms with E-state index in [9.17, 15) is 19.5 Å². The van der Waals surface area contributed by atoms with Crippen LogP contribution in [0.15, 0.2) is 59.6 Å². The summed E-state index contributed by atoms with van der Waals surface area (Å²) in [4.78, 5) is 41.3. The largest absolute Gasteiger partial charge is 0.508 e. The SMILES string of the molecule is NC(=O)CCNC[C@H](Cc1ccccc1)NC(=O)[C@@H](CCCN=C(N)N)NC(=O)[C@@H](N)Cc1ccc(O)cc1. The Morgan fingerprint density at radius 2 is 1.54 bits per heavy atom. The normalized spacial score (nSPS) is 13.1. The third-order valence-electron chi connectivity index (χ3n) is 5.92. The molecule has 2 aromatic carbocycles. The second kappa shape index (κ2) is 16.6. The van der Waals surface area contributed by atoms with Crippen molar-refractivity contribution in [2.75, 3.05) is 19.6 Å². The first kappa shape index (κ1) is 31.1. The molecule has 0 fully saturated rings. The van der Waals surface area contributed by atoms with Crippen LogP contribution >= 0.6 is 0 Å². The van der Waals surface area contributed by atoms with Crippen molar-refractivity contribution < 1.29 is 19.5 Å². The molecule has 0 aliphatic rings. The van der Waals surface area contributed by atoms with Gasteiger partial charge in [-0.1, -0.05) is 42.5 Å². The highest BCUT2D eigenvalue weighted by Gasteiger charge is 2.25. The molecule has 0 aliphatic carbocycles. The lowest BCUT2D eigenvalue weighted by Crippen LogP contribution is -2.55. The van der Waals surface area contributed by atoms with Gasteiger partial charge in [-0.25, -0.2) is 0 Å². The van der Waals surface area contributed by atoms with Gasteiger partial charge in [0, 0.05) is 32.1 Å². The molecule has 212 valence electrons. The number of primary amides is 1. The summed E-state index contributed by atoms with van der Waals surface area (Å²) in [6.07, 6.45) is 1.67. The van der Waals surface area contributed by atoms with Crippen molar-refractivity contribution in [1.82, 2.24) is 16.0 Å². The summed E-state index contributed by atoms with van der Waals surface area (Å²) in [5, 5.41) is 18.4. The first-order valence-electron chi connectivity index (χ1n) is 12.9. The van der Waals surface area contributed by atoms with E-state index in [-0.39, 0.29) is 42.9 Å². The third kappa shape index (κ3) is 12.8. The molecule has 12 heteroatoms. The van der Waals surface area contributed by atoms with Crippen LogP contribution in [0.4, 0.5) is 0 Å². The van der Waals surface area contributed by atoms with E-state index in [0.29, 0.717) is 32.5 Å². The Balaban J connectivity index is 2.09. The van der Waals surface area contributed by atoms with E-state index < -0.39 is 23.9 Å². The van der Waals surface area contributed by atoms with Crippen molar-refractivity contribution in [3.05, 3.63) is 65.7 Å². The van der Waals surface area contributed by atoms with Gasteiger partial charge in [-0.15, -0.1) is 0 Å². The summed E-state index contributed by atoms with van der Waals surface area (Å²) in [6, 6.07) is 13.9. The molecular formula is C27H40N8O4. The predicted octanol–water partition coefficient (Wildman–Crippen LogP) is -1.01. The van der Waals surface area contributed by atoms with Crippen molar-refractivity contribution in [3.63, 3.8) is 0 Å². The van der Waals surface area contributed by atoms with Gasteiger partial charge in [-0.3, -0.25) is 19.4 Å². The highest BCUT2D eigenvalue weighted by molar-refractivity contribution is 5.90. The van der Waals surface area contributed by atoms with Crippen LogP contribution in [0.2, 0.25) is 0 Å².